The van der Waals surface area contributed by atoms with Gasteiger partial charge in [0, 0.05) is 12.5 Å². The molecule has 0 bridgehead atoms. The van der Waals surface area contributed by atoms with Crippen molar-refractivity contribution in [3.63, 3.8) is 0 Å². The van der Waals surface area contributed by atoms with Crippen LogP contribution in [0.2, 0.25) is 0 Å². The van der Waals surface area contributed by atoms with E-state index in [2.05, 4.69) is 17.6 Å². The lowest BCUT2D eigenvalue weighted by Crippen LogP contribution is -2.48. The molecule has 0 aliphatic carbocycles. The maximum atomic E-state index is 12.1. The SMILES string of the molecule is COc1ccccc1CCC(=O)NC1CCNCC1C. The highest BCUT2D eigenvalue weighted by molar-refractivity contribution is 5.76. The highest BCUT2D eigenvalue weighted by Crippen LogP contribution is 2.19. The third-order valence-electron chi connectivity index (χ3n) is 3.95. The molecule has 0 radical (unpaired) electrons. The third-order valence-corrected chi connectivity index (χ3v) is 3.95. The molecule has 2 rings (SSSR count). The molecule has 1 fully saturated rings. The summed E-state index contributed by atoms with van der Waals surface area (Å²) in [5.74, 6) is 1.49. The van der Waals surface area contributed by atoms with Crippen LogP contribution in [-0.2, 0) is 11.2 Å². The molecule has 1 aromatic carbocycles. The molecule has 0 saturated carbocycles. The number of nitrogens with one attached hydrogen (secondary N) is 2. The van der Waals surface area contributed by atoms with Crippen molar-refractivity contribution >= 4 is 5.91 Å². The van der Waals surface area contributed by atoms with Crippen molar-refractivity contribution in [2.24, 2.45) is 5.92 Å². The molecule has 1 aliphatic rings. The second-order valence-electron chi connectivity index (χ2n) is 5.46. The summed E-state index contributed by atoms with van der Waals surface area (Å²) in [7, 11) is 1.66. The van der Waals surface area contributed by atoms with E-state index in [9.17, 15) is 4.79 Å². The first kappa shape index (κ1) is 14.9. The number of amides is 1. The summed E-state index contributed by atoms with van der Waals surface area (Å²) in [5, 5.41) is 6.50. The Balaban J connectivity index is 1.82. The van der Waals surface area contributed by atoms with Crippen LogP contribution in [0.25, 0.3) is 0 Å². The molecule has 4 nitrogen and oxygen atoms in total. The van der Waals surface area contributed by atoms with Gasteiger partial charge in [-0.25, -0.2) is 0 Å². The lowest BCUT2D eigenvalue weighted by molar-refractivity contribution is -0.122. The molecule has 2 unspecified atom stereocenters. The minimum atomic E-state index is 0.134. The molecule has 4 heteroatoms. The fourth-order valence-corrected chi connectivity index (χ4v) is 2.67. The zero-order chi connectivity index (χ0) is 14.4. The number of carbonyl (C=O) groups is 1. The second-order valence-corrected chi connectivity index (χ2v) is 5.46. The molecule has 1 saturated heterocycles. The van der Waals surface area contributed by atoms with Gasteiger partial charge in [0.2, 0.25) is 5.91 Å². The highest BCUT2D eigenvalue weighted by atomic mass is 16.5. The van der Waals surface area contributed by atoms with Crippen LogP contribution in [0.1, 0.15) is 25.3 Å². The molecule has 2 atom stereocenters. The maximum absolute atomic E-state index is 12.1. The molecule has 1 aliphatic heterocycles. The maximum Gasteiger partial charge on any atom is 0.220 e. The predicted octanol–water partition coefficient (Wildman–Crippen LogP) is 1.74. The number of carbonyl (C=O) groups excluding carboxylic acids is 1. The Kier molecular flexibility index (Phi) is 5.41. The molecule has 0 aromatic heterocycles. The minimum Gasteiger partial charge on any atom is -0.496 e. The number of rotatable bonds is 5. The van der Waals surface area contributed by atoms with Gasteiger partial charge >= 0.3 is 0 Å². The van der Waals surface area contributed by atoms with Crippen molar-refractivity contribution in [3.8, 4) is 5.75 Å². The smallest absolute Gasteiger partial charge is 0.220 e. The van der Waals surface area contributed by atoms with Crippen LogP contribution in [-0.4, -0.2) is 32.1 Å². The number of para-hydroxylation sites is 1. The Labute approximate surface area is 120 Å². The summed E-state index contributed by atoms with van der Waals surface area (Å²) >= 11 is 0. The van der Waals surface area contributed by atoms with Gasteiger partial charge in [0.1, 0.15) is 5.75 Å². The molecule has 1 aromatic rings. The van der Waals surface area contributed by atoms with Crippen molar-refractivity contribution in [2.45, 2.75) is 32.2 Å². The topological polar surface area (TPSA) is 50.4 Å². The van der Waals surface area contributed by atoms with E-state index in [1.54, 1.807) is 7.11 Å². The van der Waals surface area contributed by atoms with Gasteiger partial charge in [-0.1, -0.05) is 25.1 Å². The van der Waals surface area contributed by atoms with Crippen LogP contribution in [0.4, 0.5) is 0 Å². The molecule has 1 heterocycles. The van der Waals surface area contributed by atoms with E-state index in [0.29, 0.717) is 18.4 Å². The van der Waals surface area contributed by atoms with Crippen LogP contribution in [0, 0.1) is 5.92 Å². The number of piperidine rings is 1. The quantitative estimate of drug-likeness (QED) is 0.861. The zero-order valence-corrected chi connectivity index (χ0v) is 12.3. The van der Waals surface area contributed by atoms with E-state index in [1.165, 1.54) is 0 Å². The van der Waals surface area contributed by atoms with E-state index >= 15 is 0 Å². The Hall–Kier alpha value is -1.55. The molecular weight excluding hydrogens is 252 g/mol. The van der Waals surface area contributed by atoms with E-state index in [4.69, 9.17) is 4.74 Å². The third kappa shape index (κ3) is 3.97. The average Bonchev–Trinajstić information content (AvgIpc) is 2.48. The van der Waals surface area contributed by atoms with Crippen molar-refractivity contribution in [1.29, 1.82) is 0 Å². The van der Waals surface area contributed by atoms with E-state index < -0.39 is 0 Å². The van der Waals surface area contributed by atoms with Gasteiger partial charge in [-0.2, -0.15) is 0 Å². The van der Waals surface area contributed by atoms with Gasteiger partial charge in [0.05, 0.1) is 7.11 Å². The van der Waals surface area contributed by atoms with E-state index in [-0.39, 0.29) is 5.91 Å². The summed E-state index contributed by atoms with van der Waals surface area (Å²) in [5.41, 5.74) is 1.09. The van der Waals surface area contributed by atoms with Crippen molar-refractivity contribution < 1.29 is 9.53 Å². The Morgan fingerprint density at radius 1 is 1.45 bits per heavy atom. The molecule has 110 valence electrons. The van der Waals surface area contributed by atoms with Gasteiger partial charge in [-0.05, 0) is 43.5 Å². The number of methoxy groups -OCH3 is 1. The van der Waals surface area contributed by atoms with E-state index in [0.717, 1.165) is 37.2 Å². The van der Waals surface area contributed by atoms with Gasteiger partial charge in [0.15, 0.2) is 0 Å². The predicted molar refractivity (Wildman–Crippen MR) is 79.9 cm³/mol. The average molecular weight is 276 g/mol. The zero-order valence-electron chi connectivity index (χ0n) is 12.3. The van der Waals surface area contributed by atoms with Crippen LogP contribution in [0.15, 0.2) is 24.3 Å². The van der Waals surface area contributed by atoms with Crippen molar-refractivity contribution in [1.82, 2.24) is 10.6 Å². The van der Waals surface area contributed by atoms with Gasteiger partial charge in [0.25, 0.3) is 0 Å². The number of benzene rings is 1. The first-order valence-electron chi connectivity index (χ1n) is 7.32. The summed E-state index contributed by atoms with van der Waals surface area (Å²) < 4.78 is 5.30. The van der Waals surface area contributed by atoms with Gasteiger partial charge < -0.3 is 15.4 Å². The van der Waals surface area contributed by atoms with Crippen molar-refractivity contribution in [3.05, 3.63) is 29.8 Å². The molecular formula is C16H24N2O2. The lowest BCUT2D eigenvalue weighted by atomic mass is 9.95. The molecule has 0 spiro atoms. The number of hydrogen-bond donors (Lipinski definition) is 2. The normalized spacial score (nSPS) is 22.3. The lowest BCUT2D eigenvalue weighted by Gasteiger charge is -2.30. The Morgan fingerprint density at radius 2 is 2.25 bits per heavy atom. The summed E-state index contributed by atoms with van der Waals surface area (Å²) in [6.07, 6.45) is 2.24. The van der Waals surface area contributed by atoms with E-state index in [1.807, 2.05) is 24.3 Å². The van der Waals surface area contributed by atoms with Crippen LogP contribution >= 0.6 is 0 Å². The molecule has 20 heavy (non-hydrogen) atoms. The molecule has 1 amide bonds. The fourth-order valence-electron chi connectivity index (χ4n) is 2.67. The fraction of sp³-hybridized carbons (Fsp3) is 0.562. The van der Waals surface area contributed by atoms with Crippen molar-refractivity contribution in [2.75, 3.05) is 20.2 Å². The molecule has 2 N–H and O–H groups in total. The summed E-state index contributed by atoms with van der Waals surface area (Å²) in [6.45, 7) is 4.15. The number of ether oxygens (including phenoxy) is 1. The monoisotopic (exact) mass is 276 g/mol. The standard InChI is InChI=1S/C16H24N2O2/c1-12-11-17-10-9-14(12)18-16(19)8-7-13-5-3-4-6-15(13)20-2/h3-6,12,14,17H,7-11H2,1-2H3,(H,18,19). The van der Waals surface area contributed by atoms with Gasteiger partial charge in [-0.3, -0.25) is 4.79 Å². The first-order valence-corrected chi connectivity index (χ1v) is 7.32. The van der Waals surface area contributed by atoms with Crippen LogP contribution in [0.3, 0.4) is 0 Å². The van der Waals surface area contributed by atoms with Crippen LogP contribution in [0.5, 0.6) is 5.75 Å². The highest BCUT2D eigenvalue weighted by Gasteiger charge is 2.22. The minimum absolute atomic E-state index is 0.134. The van der Waals surface area contributed by atoms with Crippen LogP contribution < -0.4 is 15.4 Å². The second kappa shape index (κ2) is 7.29. The summed E-state index contributed by atoms with van der Waals surface area (Å²) in [6, 6.07) is 8.17. The summed E-state index contributed by atoms with van der Waals surface area (Å²) in [4.78, 5) is 12.1. The Bertz CT molecular complexity index is 448. The number of hydrogen-bond acceptors (Lipinski definition) is 3. The first-order chi connectivity index (χ1) is 9.70. The largest absolute Gasteiger partial charge is 0.496 e. The Morgan fingerprint density at radius 3 is 3.00 bits per heavy atom. The number of aryl methyl sites for hydroxylation is 1. The van der Waals surface area contributed by atoms with Gasteiger partial charge in [-0.15, -0.1) is 0 Å².